The van der Waals surface area contributed by atoms with E-state index in [1.165, 1.54) is 18.4 Å². The Balaban J connectivity index is 1.51. The minimum Gasteiger partial charge on any atom is -0.353 e. The molecule has 1 atom stereocenters. The van der Waals surface area contributed by atoms with Crippen LogP contribution >= 0.6 is 0 Å². The van der Waals surface area contributed by atoms with Gasteiger partial charge in [0.15, 0.2) is 0 Å². The van der Waals surface area contributed by atoms with E-state index in [0.29, 0.717) is 18.0 Å². The maximum Gasteiger partial charge on any atom is 0.223 e. The molecule has 1 aromatic rings. The molecule has 3 nitrogen and oxygen atoms in total. The second-order valence-electron chi connectivity index (χ2n) is 6.18. The van der Waals surface area contributed by atoms with Crippen molar-refractivity contribution in [3.05, 3.63) is 35.9 Å². The number of carbonyl (C=O) groups is 1. The third-order valence-corrected chi connectivity index (χ3v) is 4.65. The van der Waals surface area contributed by atoms with Gasteiger partial charge in [0.2, 0.25) is 5.91 Å². The maximum absolute atomic E-state index is 12.1. The van der Waals surface area contributed by atoms with Crippen LogP contribution in [0.15, 0.2) is 30.3 Å². The zero-order valence-corrected chi connectivity index (χ0v) is 12.2. The lowest BCUT2D eigenvalue weighted by Gasteiger charge is -2.35. The van der Waals surface area contributed by atoms with Gasteiger partial charge in [-0.05, 0) is 51.3 Å². The van der Waals surface area contributed by atoms with Gasteiger partial charge in [0.05, 0.1) is 0 Å². The van der Waals surface area contributed by atoms with E-state index in [-0.39, 0.29) is 5.92 Å². The molecule has 20 heavy (non-hydrogen) atoms. The Bertz CT molecular complexity index is 447. The van der Waals surface area contributed by atoms with Crippen LogP contribution in [0.4, 0.5) is 0 Å². The average molecular weight is 272 g/mol. The van der Waals surface area contributed by atoms with Crippen LogP contribution in [0.1, 0.15) is 44.2 Å². The van der Waals surface area contributed by atoms with E-state index in [1.54, 1.807) is 0 Å². The first kappa shape index (κ1) is 13.6. The third kappa shape index (κ3) is 3.21. The summed E-state index contributed by atoms with van der Waals surface area (Å²) >= 11 is 0. The first-order valence-corrected chi connectivity index (χ1v) is 7.83. The standard InChI is InChI=1S/C17H24N2O/c1-13(14-5-3-2-4-6-14)19-11-9-15(10-12-19)17(20)18-16-7-8-16/h2-6,13,15-16H,7-12H2,1H3,(H,18,20). The number of carbonyl (C=O) groups excluding carboxylic acids is 1. The normalized spacial score (nSPS) is 22.4. The van der Waals surface area contributed by atoms with E-state index < -0.39 is 0 Å². The molecule has 1 aromatic carbocycles. The summed E-state index contributed by atoms with van der Waals surface area (Å²) in [5, 5.41) is 3.14. The molecule has 3 heteroatoms. The van der Waals surface area contributed by atoms with Crippen LogP contribution in [-0.4, -0.2) is 29.9 Å². The molecule has 0 radical (unpaired) electrons. The van der Waals surface area contributed by atoms with Crippen LogP contribution in [0.3, 0.4) is 0 Å². The number of likely N-dealkylation sites (tertiary alicyclic amines) is 1. The largest absolute Gasteiger partial charge is 0.353 e. The Morgan fingerprint density at radius 1 is 1.15 bits per heavy atom. The van der Waals surface area contributed by atoms with E-state index in [9.17, 15) is 4.79 Å². The van der Waals surface area contributed by atoms with Crippen molar-refractivity contribution in [3.8, 4) is 0 Å². The van der Waals surface area contributed by atoms with Crippen LogP contribution in [0, 0.1) is 5.92 Å². The fraction of sp³-hybridized carbons (Fsp3) is 0.588. The van der Waals surface area contributed by atoms with E-state index in [1.807, 2.05) is 0 Å². The monoisotopic (exact) mass is 272 g/mol. The van der Waals surface area contributed by atoms with Crippen LogP contribution < -0.4 is 5.32 Å². The molecule has 1 aliphatic carbocycles. The van der Waals surface area contributed by atoms with Gasteiger partial charge in [0, 0.05) is 18.0 Å². The SMILES string of the molecule is CC(c1ccccc1)N1CCC(C(=O)NC2CC2)CC1. The summed E-state index contributed by atoms with van der Waals surface area (Å²) < 4.78 is 0. The molecule has 108 valence electrons. The summed E-state index contributed by atoms with van der Waals surface area (Å²) in [5.74, 6) is 0.523. The van der Waals surface area contributed by atoms with Crippen molar-refractivity contribution in [2.75, 3.05) is 13.1 Å². The molecule has 3 rings (SSSR count). The number of hydrogen-bond acceptors (Lipinski definition) is 2. The average Bonchev–Trinajstić information content (AvgIpc) is 3.31. The summed E-state index contributed by atoms with van der Waals surface area (Å²) in [7, 11) is 0. The lowest BCUT2D eigenvalue weighted by atomic mass is 9.94. The number of piperidine rings is 1. The van der Waals surface area contributed by atoms with Gasteiger partial charge in [-0.1, -0.05) is 30.3 Å². The lowest BCUT2D eigenvalue weighted by Crippen LogP contribution is -2.41. The Hall–Kier alpha value is -1.35. The van der Waals surface area contributed by atoms with Gasteiger partial charge < -0.3 is 5.32 Å². The van der Waals surface area contributed by atoms with Gasteiger partial charge in [-0.3, -0.25) is 9.69 Å². The van der Waals surface area contributed by atoms with Crippen LogP contribution in [0.5, 0.6) is 0 Å². The van der Waals surface area contributed by atoms with Gasteiger partial charge in [-0.2, -0.15) is 0 Å². The molecule has 1 unspecified atom stereocenters. The number of nitrogens with zero attached hydrogens (tertiary/aromatic N) is 1. The number of nitrogens with one attached hydrogen (secondary N) is 1. The van der Waals surface area contributed by atoms with Crippen LogP contribution in [0.2, 0.25) is 0 Å². The highest BCUT2D eigenvalue weighted by atomic mass is 16.2. The highest BCUT2D eigenvalue weighted by Gasteiger charge is 2.31. The third-order valence-electron chi connectivity index (χ3n) is 4.65. The minimum absolute atomic E-state index is 0.231. The van der Waals surface area contributed by atoms with Crippen molar-refractivity contribution in [2.45, 2.75) is 44.7 Å². The first-order valence-electron chi connectivity index (χ1n) is 7.83. The zero-order chi connectivity index (χ0) is 13.9. The molecule has 1 saturated carbocycles. The zero-order valence-electron chi connectivity index (χ0n) is 12.2. The molecule has 0 aromatic heterocycles. The molecule has 1 saturated heterocycles. The summed E-state index contributed by atoms with van der Waals surface area (Å²) in [5.41, 5.74) is 1.37. The molecule has 0 spiro atoms. The minimum atomic E-state index is 0.231. The second kappa shape index (κ2) is 5.96. The number of benzene rings is 1. The van der Waals surface area contributed by atoms with E-state index >= 15 is 0 Å². The van der Waals surface area contributed by atoms with E-state index in [2.05, 4.69) is 47.5 Å². The summed E-state index contributed by atoms with van der Waals surface area (Å²) in [6, 6.07) is 11.6. The molecule has 1 aliphatic heterocycles. The van der Waals surface area contributed by atoms with Crippen molar-refractivity contribution in [3.63, 3.8) is 0 Å². The van der Waals surface area contributed by atoms with E-state index in [4.69, 9.17) is 0 Å². The first-order chi connectivity index (χ1) is 9.74. The van der Waals surface area contributed by atoms with Crippen LogP contribution in [-0.2, 0) is 4.79 Å². The summed E-state index contributed by atoms with van der Waals surface area (Å²) in [4.78, 5) is 14.6. The molecule has 0 bridgehead atoms. The Morgan fingerprint density at radius 3 is 2.40 bits per heavy atom. The quantitative estimate of drug-likeness (QED) is 0.914. The molecule has 2 aliphatic rings. The summed E-state index contributed by atoms with van der Waals surface area (Å²) in [6.07, 6.45) is 4.34. The van der Waals surface area contributed by atoms with Gasteiger partial charge in [0.1, 0.15) is 0 Å². The topological polar surface area (TPSA) is 32.3 Å². The Kier molecular flexibility index (Phi) is 4.06. The molecule has 1 heterocycles. The smallest absolute Gasteiger partial charge is 0.223 e. The molecule has 1 amide bonds. The molecule has 1 N–H and O–H groups in total. The number of hydrogen-bond donors (Lipinski definition) is 1. The highest BCUT2D eigenvalue weighted by Crippen LogP contribution is 2.27. The fourth-order valence-electron chi connectivity index (χ4n) is 3.04. The second-order valence-corrected chi connectivity index (χ2v) is 6.18. The molecular formula is C17H24N2O. The van der Waals surface area contributed by atoms with E-state index in [0.717, 1.165) is 25.9 Å². The molecular weight excluding hydrogens is 248 g/mol. The predicted octanol–water partition coefficient (Wildman–Crippen LogP) is 2.74. The maximum atomic E-state index is 12.1. The van der Waals surface area contributed by atoms with Crippen molar-refractivity contribution in [2.24, 2.45) is 5.92 Å². The van der Waals surface area contributed by atoms with Gasteiger partial charge in [-0.25, -0.2) is 0 Å². The van der Waals surface area contributed by atoms with Crippen molar-refractivity contribution >= 4 is 5.91 Å². The van der Waals surface area contributed by atoms with Gasteiger partial charge in [-0.15, -0.1) is 0 Å². The van der Waals surface area contributed by atoms with Crippen molar-refractivity contribution < 1.29 is 4.79 Å². The van der Waals surface area contributed by atoms with Crippen LogP contribution in [0.25, 0.3) is 0 Å². The predicted molar refractivity (Wildman–Crippen MR) is 80.3 cm³/mol. The highest BCUT2D eigenvalue weighted by molar-refractivity contribution is 5.79. The summed E-state index contributed by atoms with van der Waals surface area (Å²) in [6.45, 7) is 4.32. The van der Waals surface area contributed by atoms with Crippen molar-refractivity contribution in [1.82, 2.24) is 10.2 Å². The molecule has 2 fully saturated rings. The van der Waals surface area contributed by atoms with Gasteiger partial charge >= 0.3 is 0 Å². The number of amides is 1. The fourth-order valence-corrected chi connectivity index (χ4v) is 3.04. The Labute approximate surface area is 121 Å². The lowest BCUT2D eigenvalue weighted by molar-refractivity contribution is -0.126. The Morgan fingerprint density at radius 2 is 1.80 bits per heavy atom. The number of rotatable bonds is 4. The van der Waals surface area contributed by atoms with Gasteiger partial charge in [0.25, 0.3) is 0 Å². The van der Waals surface area contributed by atoms with Crippen molar-refractivity contribution in [1.29, 1.82) is 0 Å².